The number of hydrogen-bond donors (Lipinski definition) is 0. The molecule has 0 heterocycles. The minimum atomic E-state index is -0.457. The fourth-order valence-electron chi connectivity index (χ4n) is 3.85. The molecule has 6 heteroatoms. The Bertz CT molecular complexity index is 612. The minimum Gasteiger partial charge on any atom is -0.460 e. The summed E-state index contributed by atoms with van der Waals surface area (Å²) >= 11 is 0. The quantitative estimate of drug-likeness (QED) is 0.185. The first-order valence-corrected chi connectivity index (χ1v) is 11.6. The summed E-state index contributed by atoms with van der Waals surface area (Å²) in [5, 5.41) is 0. The standard InChI is InChI=1S/C26H44O6/c1-20(16-24(27)32-26(4,5)6)15-22(3)25(21(2)13-14-29-18-28-7)31-19-30-17-23-11-9-8-10-12-23/h8-12,20-22,25H,13-19H2,1-7H3/t20-,21-,22+,25-/m0/s1. The van der Waals surface area contributed by atoms with Crippen LogP contribution in [0.4, 0.5) is 0 Å². The van der Waals surface area contributed by atoms with Crippen molar-refractivity contribution in [2.75, 3.05) is 27.3 Å². The highest BCUT2D eigenvalue weighted by Gasteiger charge is 2.27. The average molecular weight is 453 g/mol. The Kier molecular flexibility index (Phi) is 13.7. The maximum Gasteiger partial charge on any atom is 0.306 e. The molecule has 0 fully saturated rings. The lowest BCUT2D eigenvalue weighted by Gasteiger charge is -2.31. The zero-order chi connectivity index (χ0) is 24.0. The molecule has 0 amide bonds. The Labute approximate surface area is 194 Å². The van der Waals surface area contributed by atoms with Gasteiger partial charge in [0, 0.05) is 20.1 Å². The molecule has 4 atom stereocenters. The SMILES string of the molecule is COCOCC[C@H](C)[C@H](OCOCc1ccccc1)[C@H](C)C[C@H](C)CC(=O)OC(C)(C)C. The summed E-state index contributed by atoms with van der Waals surface area (Å²) in [6.07, 6.45) is 2.13. The van der Waals surface area contributed by atoms with E-state index in [4.69, 9.17) is 23.7 Å². The van der Waals surface area contributed by atoms with E-state index >= 15 is 0 Å². The van der Waals surface area contributed by atoms with Crippen LogP contribution in [0.1, 0.15) is 66.4 Å². The first kappa shape index (κ1) is 28.6. The molecule has 32 heavy (non-hydrogen) atoms. The topological polar surface area (TPSA) is 63.2 Å². The maximum atomic E-state index is 12.2. The number of esters is 1. The molecule has 184 valence electrons. The molecule has 0 bridgehead atoms. The number of hydrogen-bond acceptors (Lipinski definition) is 6. The van der Waals surface area contributed by atoms with Gasteiger partial charge in [0.2, 0.25) is 0 Å². The minimum absolute atomic E-state index is 0.00185. The highest BCUT2D eigenvalue weighted by Crippen LogP contribution is 2.27. The van der Waals surface area contributed by atoms with Gasteiger partial charge in [-0.25, -0.2) is 0 Å². The summed E-state index contributed by atoms with van der Waals surface area (Å²) in [6.45, 7) is 13.8. The largest absolute Gasteiger partial charge is 0.460 e. The lowest BCUT2D eigenvalue weighted by Crippen LogP contribution is -2.32. The maximum absolute atomic E-state index is 12.2. The second-order valence-corrected chi connectivity index (χ2v) is 9.77. The van der Waals surface area contributed by atoms with Crippen LogP contribution in [0.5, 0.6) is 0 Å². The predicted molar refractivity (Wildman–Crippen MR) is 126 cm³/mol. The van der Waals surface area contributed by atoms with Gasteiger partial charge in [0.05, 0.1) is 12.7 Å². The van der Waals surface area contributed by atoms with E-state index in [0.29, 0.717) is 26.4 Å². The molecule has 0 saturated carbocycles. The van der Waals surface area contributed by atoms with Crippen molar-refractivity contribution < 1.29 is 28.5 Å². The first-order valence-electron chi connectivity index (χ1n) is 11.6. The van der Waals surface area contributed by atoms with Crippen molar-refractivity contribution in [2.45, 2.75) is 79.1 Å². The highest BCUT2D eigenvalue weighted by molar-refractivity contribution is 5.70. The predicted octanol–water partition coefficient (Wildman–Crippen LogP) is 5.59. The lowest BCUT2D eigenvalue weighted by molar-refractivity contribution is -0.156. The van der Waals surface area contributed by atoms with Gasteiger partial charge in [0.15, 0.2) is 0 Å². The van der Waals surface area contributed by atoms with E-state index in [0.717, 1.165) is 18.4 Å². The van der Waals surface area contributed by atoms with Crippen molar-refractivity contribution in [3.63, 3.8) is 0 Å². The van der Waals surface area contributed by atoms with E-state index < -0.39 is 5.60 Å². The molecular formula is C26H44O6. The zero-order valence-electron chi connectivity index (χ0n) is 21.1. The molecule has 0 radical (unpaired) electrons. The van der Waals surface area contributed by atoms with E-state index in [1.807, 2.05) is 51.1 Å². The molecule has 0 saturated heterocycles. The van der Waals surface area contributed by atoms with Crippen molar-refractivity contribution in [2.24, 2.45) is 17.8 Å². The Hall–Kier alpha value is -1.47. The van der Waals surface area contributed by atoms with E-state index in [-0.39, 0.29) is 36.6 Å². The van der Waals surface area contributed by atoms with Crippen molar-refractivity contribution in [3.8, 4) is 0 Å². The molecule has 0 aliphatic rings. The van der Waals surface area contributed by atoms with Crippen LogP contribution in [0.25, 0.3) is 0 Å². The second kappa shape index (κ2) is 15.4. The van der Waals surface area contributed by atoms with Crippen molar-refractivity contribution in [3.05, 3.63) is 35.9 Å². The van der Waals surface area contributed by atoms with Gasteiger partial charge < -0.3 is 23.7 Å². The number of ether oxygens (including phenoxy) is 5. The van der Waals surface area contributed by atoms with Gasteiger partial charge in [-0.1, -0.05) is 51.1 Å². The van der Waals surface area contributed by atoms with E-state index in [1.165, 1.54) is 0 Å². The van der Waals surface area contributed by atoms with Gasteiger partial charge in [-0.2, -0.15) is 0 Å². The van der Waals surface area contributed by atoms with Crippen molar-refractivity contribution in [1.82, 2.24) is 0 Å². The first-order chi connectivity index (χ1) is 15.1. The molecule has 0 aliphatic carbocycles. The number of rotatable bonds is 16. The summed E-state index contributed by atoms with van der Waals surface area (Å²) in [4.78, 5) is 12.2. The molecule has 0 N–H and O–H groups in total. The van der Waals surface area contributed by atoms with Crippen LogP contribution in [0.2, 0.25) is 0 Å². The fraction of sp³-hybridized carbons (Fsp3) is 0.731. The van der Waals surface area contributed by atoms with Gasteiger partial charge in [-0.15, -0.1) is 0 Å². The number of methoxy groups -OCH3 is 1. The molecule has 6 nitrogen and oxygen atoms in total. The van der Waals surface area contributed by atoms with Crippen molar-refractivity contribution in [1.29, 1.82) is 0 Å². The van der Waals surface area contributed by atoms with Gasteiger partial charge in [0.1, 0.15) is 19.2 Å². The fourth-order valence-corrected chi connectivity index (χ4v) is 3.85. The van der Waals surface area contributed by atoms with Crippen LogP contribution in [0.15, 0.2) is 30.3 Å². The summed E-state index contributed by atoms with van der Waals surface area (Å²) in [5.41, 5.74) is 0.661. The molecule has 0 aromatic heterocycles. The third-order valence-corrected chi connectivity index (χ3v) is 5.21. The lowest BCUT2D eigenvalue weighted by atomic mass is 9.84. The molecule has 0 spiro atoms. The summed E-state index contributed by atoms with van der Waals surface area (Å²) in [6, 6.07) is 10.1. The Morgan fingerprint density at radius 1 is 0.969 bits per heavy atom. The Morgan fingerprint density at radius 3 is 2.28 bits per heavy atom. The average Bonchev–Trinajstić information content (AvgIpc) is 2.70. The van der Waals surface area contributed by atoms with Crippen LogP contribution in [-0.4, -0.2) is 45.0 Å². The van der Waals surface area contributed by atoms with Gasteiger partial charge in [-0.05, 0) is 56.9 Å². The summed E-state index contributed by atoms with van der Waals surface area (Å²) < 4.78 is 27.9. The molecule has 1 aromatic rings. The third-order valence-electron chi connectivity index (χ3n) is 5.21. The van der Waals surface area contributed by atoms with Crippen LogP contribution < -0.4 is 0 Å². The van der Waals surface area contributed by atoms with Gasteiger partial charge >= 0.3 is 5.97 Å². The Morgan fingerprint density at radius 2 is 1.66 bits per heavy atom. The van der Waals surface area contributed by atoms with E-state index in [9.17, 15) is 4.79 Å². The molecule has 1 aromatic carbocycles. The van der Waals surface area contributed by atoms with Crippen LogP contribution >= 0.6 is 0 Å². The van der Waals surface area contributed by atoms with Gasteiger partial charge in [-0.3, -0.25) is 4.79 Å². The third kappa shape index (κ3) is 13.2. The normalized spacial score (nSPS) is 15.7. The number of benzene rings is 1. The monoisotopic (exact) mass is 452 g/mol. The van der Waals surface area contributed by atoms with Gasteiger partial charge in [0.25, 0.3) is 0 Å². The van der Waals surface area contributed by atoms with E-state index in [2.05, 4.69) is 20.8 Å². The number of carbonyl (C=O) groups excluding carboxylic acids is 1. The number of carbonyl (C=O) groups is 1. The van der Waals surface area contributed by atoms with Crippen LogP contribution in [-0.2, 0) is 35.1 Å². The van der Waals surface area contributed by atoms with E-state index in [1.54, 1.807) is 7.11 Å². The second-order valence-electron chi connectivity index (χ2n) is 9.77. The zero-order valence-corrected chi connectivity index (χ0v) is 21.1. The summed E-state index contributed by atoms with van der Waals surface area (Å²) in [5.74, 6) is 0.580. The molecular weight excluding hydrogens is 408 g/mol. The molecule has 0 aliphatic heterocycles. The summed E-state index contributed by atoms with van der Waals surface area (Å²) in [7, 11) is 1.62. The smallest absolute Gasteiger partial charge is 0.306 e. The van der Waals surface area contributed by atoms with Crippen molar-refractivity contribution >= 4 is 5.97 Å². The highest BCUT2D eigenvalue weighted by atomic mass is 16.7. The van der Waals surface area contributed by atoms with Crippen LogP contribution in [0.3, 0.4) is 0 Å². The molecule has 0 unspecified atom stereocenters. The Balaban J connectivity index is 2.59. The molecule has 1 rings (SSSR count). The van der Waals surface area contributed by atoms with Crippen LogP contribution in [0, 0.1) is 17.8 Å².